The molecule has 0 amide bonds. The van der Waals surface area contributed by atoms with Crippen LogP contribution in [0.15, 0.2) is 24.3 Å². The molecule has 0 bridgehead atoms. The minimum atomic E-state index is 0.410. The summed E-state index contributed by atoms with van der Waals surface area (Å²) in [7, 11) is 4.16. The number of hydrogen-bond acceptors (Lipinski definition) is 3. The van der Waals surface area contributed by atoms with E-state index in [1.807, 2.05) is 18.2 Å². The van der Waals surface area contributed by atoms with Gasteiger partial charge in [-0.3, -0.25) is 0 Å². The molecular formula is C14H21NO2. The molecule has 3 heteroatoms. The third-order valence-electron chi connectivity index (χ3n) is 3.41. The van der Waals surface area contributed by atoms with Crippen LogP contribution < -0.4 is 0 Å². The zero-order valence-corrected chi connectivity index (χ0v) is 10.6. The van der Waals surface area contributed by atoms with E-state index in [2.05, 4.69) is 19.0 Å². The third kappa shape index (κ3) is 2.99. The Bertz CT molecular complexity index is 365. The van der Waals surface area contributed by atoms with E-state index in [1.54, 1.807) is 6.07 Å². The Morgan fingerprint density at radius 3 is 2.82 bits per heavy atom. The molecule has 2 unspecified atom stereocenters. The summed E-state index contributed by atoms with van der Waals surface area (Å²) in [6.07, 6.45) is 0.996. The second-order valence-electron chi connectivity index (χ2n) is 5.05. The van der Waals surface area contributed by atoms with Crippen molar-refractivity contribution in [1.82, 2.24) is 4.90 Å². The summed E-state index contributed by atoms with van der Waals surface area (Å²) in [5, 5.41) is 9.96. The molecule has 1 aliphatic heterocycles. The van der Waals surface area contributed by atoms with Gasteiger partial charge < -0.3 is 14.7 Å². The van der Waals surface area contributed by atoms with Gasteiger partial charge in [0.1, 0.15) is 5.75 Å². The van der Waals surface area contributed by atoms with Crippen LogP contribution in [-0.2, 0) is 4.74 Å². The topological polar surface area (TPSA) is 32.7 Å². The van der Waals surface area contributed by atoms with Crippen molar-refractivity contribution in [1.29, 1.82) is 0 Å². The second kappa shape index (κ2) is 5.52. The highest BCUT2D eigenvalue weighted by molar-refractivity contribution is 5.35. The molecule has 0 spiro atoms. The molecule has 94 valence electrons. The van der Waals surface area contributed by atoms with Crippen molar-refractivity contribution in [2.24, 2.45) is 5.92 Å². The molecule has 17 heavy (non-hydrogen) atoms. The average molecular weight is 235 g/mol. The molecule has 0 radical (unpaired) electrons. The van der Waals surface area contributed by atoms with Crippen LogP contribution in [0.25, 0.3) is 0 Å². The van der Waals surface area contributed by atoms with Crippen molar-refractivity contribution in [3.8, 4) is 5.75 Å². The van der Waals surface area contributed by atoms with Crippen LogP contribution in [0.1, 0.15) is 17.9 Å². The smallest absolute Gasteiger partial charge is 0.119 e. The summed E-state index contributed by atoms with van der Waals surface area (Å²) in [4.78, 5) is 2.19. The van der Waals surface area contributed by atoms with Gasteiger partial charge in [-0.15, -0.1) is 0 Å². The van der Waals surface area contributed by atoms with Gasteiger partial charge in [-0.25, -0.2) is 0 Å². The lowest BCUT2D eigenvalue weighted by Crippen LogP contribution is -2.34. The van der Waals surface area contributed by atoms with E-state index in [1.165, 1.54) is 0 Å². The number of benzene rings is 1. The maximum atomic E-state index is 9.96. The molecule has 0 aliphatic carbocycles. The first-order valence-corrected chi connectivity index (χ1v) is 6.19. The Morgan fingerprint density at radius 1 is 1.35 bits per heavy atom. The zero-order chi connectivity index (χ0) is 12.3. The molecule has 1 aromatic carbocycles. The number of aromatic hydroxyl groups is 1. The second-order valence-corrected chi connectivity index (χ2v) is 5.05. The molecule has 1 aliphatic rings. The van der Waals surface area contributed by atoms with Crippen molar-refractivity contribution in [3.05, 3.63) is 29.8 Å². The van der Waals surface area contributed by atoms with Gasteiger partial charge in [0.05, 0.1) is 6.61 Å². The van der Waals surface area contributed by atoms with Crippen LogP contribution in [0.4, 0.5) is 0 Å². The highest BCUT2D eigenvalue weighted by atomic mass is 16.5. The van der Waals surface area contributed by atoms with E-state index in [9.17, 15) is 5.11 Å². The summed E-state index contributed by atoms with van der Waals surface area (Å²) in [6.45, 7) is 2.58. The largest absolute Gasteiger partial charge is 0.508 e. The van der Waals surface area contributed by atoms with Gasteiger partial charge in [0.15, 0.2) is 0 Å². The summed E-state index contributed by atoms with van der Waals surface area (Å²) >= 11 is 0. The van der Waals surface area contributed by atoms with Crippen molar-refractivity contribution in [3.63, 3.8) is 0 Å². The van der Waals surface area contributed by atoms with Crippen molar-refractivity contribution in [2.75, 3.05) is 33.9 Å². The minimum absolute atomic E-state index is 0.410. The van der Waals surface area contributed by atoms with Crippen molar-refractivity contribution >= 4 is 0 Å². The van der Waals surface area contributed by atoms with Gasteiger partial charge in [-0.2, -0.15) is 0 Å². The summed E-state index contributed by atoms with van der Waals surface area (Å²) < 4.78 is 5.57. The molecule has 1 aromatic rings. The van der Waals surface area contributed by atoms with Gasteiger partial charge in [-0.05, 0) is 38.1 Å². The maximum absolute atomic E-state index is 9.96. The normalized spacial score (nSPS) is 25.1. The number of phenolic OH excluding ortho intramolecular Hbond substituents is 1. The lowest BCUT2D eigenvalue weighted by molar-refractivity contribution is 0.0298. The molecule has 1 heterocycles. The van der Waals surface area contributed by atoms with Gasteiger partial charge in [0.2, 0.25) is 0 Å². The Labute approximate surface area is 103 Å². The van der Waals surface area contributed by atoms with Crippen LogP contribution in [0.5, 0.6) is 5.75 Å². The Hall–Kier alpha value is -1.06. The highest BCUT2D eigenvalue weighted by Crippen LogP contribution is 2.36. The lowest BCUT2D eigenvalue weighted by Gasteiger charge is -2.33. The fourth-order valence-electron chi connectivity index (χ4n) is 2.66. The Kier molecular flexibility index (Phi) is 4.02. The predicted octanol–water partition coefficient (Wildman–Crippen LogP) is 2.07. The van der Waals surface area contributed by atoms with Crippen molar-refractivity contribution in [2.45, 2.75) is 12.3 Å². The lowest BCUT2D eigenvalue weighted by atomic mass is 9.82. The molecule has 0 saturated carbocycles. The standard InChI is InChI=1S/C14H21NO2/c1-15(2)9-11-10-17-8-7-12(11)13-5-3-4-6-14(13)16/h3-6,11-12,16H,7-10H2,1-2H3. The summed E-state index contributed by atoms with van der Waals surface area (Å²) in [6, 6.07) is 7.68. The van der Waals surface area contributed by atoms with Gasteiger partial charge >= 0.3 is 0 Å². The first-order chi connectivity index (χ1) is 8.18. The van der Waals surface area contributed by atoms with Crippen LogP contribution in [-0.4, -0.2) is 43.9 Å². The number of rotatable bonds is 3. The quantitative estimate of drug-likeness (QED) is 0.870. The Morgan fingerprint density at radius 2 is 2.12 bits per heavy atom. The molecule has 1 fully saturated rings. The molecule has 3 nitrogen and oxygen atoms in total. The first kappa shape index (κ1) is 12.4. The van der Waals surface area contributed by atoms with Crippen LogP contribution in [0, 0.1) is 5.92 Å². The molecule has 2 atom stereocenters. The number of nitrogens with zero attached hydrogens (tertiary/aromatic N) is 1. The maximum Gasteiger partial charge on any atom is 0.119 e. The molecule has 0 aromatic heterocycles. The number of hydrogen-bond donors (Lipinski definition) is 1. The van der Waals surface area contributed by atoms with Crippen LogP contribution in [0.3, 0.4) is 0 Å². The zero-order valence-electron chi connectivity index (χ0n) is 10.6. The average Bonchev–Trinajstić information content (AvgIpc) is 2.30. The molecular weight excluding hydrogens is 214 g/mol. The molecule has 1 saturated heterocycles. The SMILES string of the molecule is CN(C)CC1COCCC1c1ccccc1O. The third-order valence-corrected chi connectivity index (χ3v) is 3.41. The van der Waals surface area contributed by atoms with Gasteiger partial charge in [0, 0.05) is 19.1 Å². The van der Waals surface area contributed by atoms with E-state index in [0.717, 1.165) is 31.7 Å². The van der Waals surface area contributed by atoms with E-state index in [-0.39, 0.29) is 0 Å². The monoisotopic (exact) mass is 235 g/mol. The van der Waals surface area contributed by atoms with Crippen LogP contribution >= 0.6 is 0 Å². The van der Waals surface area contributed by atoms with Crippen LogP contribution in [0.2, 0.25) is 0 Å². The van der Waals surface area contributed by atoms with E-state index < -0.39 is 0 Å². The fraction of sp³-hybridized carbons (Fsp3) is 0.571. The molecule has 2 rings (SSSR count). The van der Waals surface area contributed by atoms with Gasteiger partial charge in [0.25, 0.3) is 0 Å². The summed E-state index contributed by atoms with van der Waals surface area (Å²) in [5.74, 6) is 1.29. The summed E-state index contributed by atoms with van der Waals surface area (Å²) in [5.41, 5.74) is 1.07. The van der Waals surface area contributed by atoms with E-state index >= 15 is 0 Å². The Balaban J connectivity index is 2.19. The first-order valence-electron chi connectivity index (χ1n) is 6.19. The number of ether oxygens (including phenoxy) is 1. The van der Waals surface area contributed by atoms with Crippen molar-refractivity contribution < 1.29 is 9.84 Å². The van der Waals surface area contributed by atoms with E-state index in [0.29, 0.717) is 17.6 Å². The predicted molar refractivity (Wildman–Crippen MR) is 68.3 cm³/mol. The fourth-order valence-corrected chi connectivity index (χ4v) is 2.66. The minimum Gasteiger partial charge on any atom is -0.508 e. The number of phenols is 1. The molecule has 1 N–H and O–H groups in total. The number of para-hydroxylation sites is 1. The van der Waals surface area contributed by atoms with E-state index in [4.69, 9.17) is 4.74 Å². The highest BCUT2D eigenvalue weighted by Gasteiger charge is 2.29. The van der Waals surface area contributed by atoms with Gasteiger partial charge in [-0.1, -0.05) is 18.2 Å².